The van der Waals surface area contributed by atoms with Crippen LogP contribution in [0.2, 0.25) is 0 Å². The number of benzene rings is 2. The third-order valence-electron chi connectivity index (χ3n) is 4.75. The molecule has 29 heavy (non-hydrogen) atoms. The first kappa shape index (κ1) is 20.9. The van der Waals surface area contributed by atoms with E-state index >= 15 is 0 Å². The molecule has 0 fully saturated rings. The molecular formula is C23H28N2O4. The number of ether oxygens (including phenoxy) is 1. The van der Waals surface area contributed by atoms with E-state index in [1.807, 2.05) is 50.4 Å². The topological polar surface area (TPSA) is 94.6 Å². The van der Waals surface area contributed by atoms with Crippen molar-refractivity contribution in [3.8, 4) is 5.75 Å². The average molecular weight is 396 g/mol. The van der Waals surface area contributed by atoms with E-state index in [1.54, 1.807) is 12.1 Å². The largest absolute Gasteiger partial charge is 0.490 e. The summed E-state index contributed by atoms with van der Waals surface area (Å²) in [6.45, 7) is 3.63. The Kier molecular flexibility index (Phi) is 6.90. The van der Waals surface area contributed by atoms with Crippen LogP contribution in [-0.4, -0.2) is 46.5 Å². The lowest BCUT2D eigenvalue weighted by atomic mass is 10.0. The first-order chi connectivity index (χ1) is 14.0. The molecule has 0 bridgehead atoms. The third-order valence-corrected chi connectivity index (χ3v) is 4.75. The van der Waals surface area contributed by atoms with E-state index in [0.29, 0.717) is 24.2 Å². The van der Waals surface area contributed by atoms with Gasteiger partial charge in [-0.2, -0.15) is 0 Å². The van der Waals surface area contributed by atoms with Crippen molar-refractivity contribution in [2.75, 3.05) is 13.2 Å². The molecule has 1 atom stereocenters. The van der Waals surface area contributed by atoms with Crippen LogP contribution in [0.5, 0.6) is 5.75 Å². The van der Waals surface area contributed by atoms with Crippen molar-refractivity contribution in [1.29, 1.82) is 0 Å². The van der Waals surface area contributed by atoms with Gasteiger partial charge in [0.15, 0.2) is 0 Å². The zero-order chi connectivity index (χ0) is 20.8. The Hall–Kier alpha value is -2.83. The molecule has 0 aliphatic heterocycles. The Bertz CT molecular complexity index is 964. The van der Waals surface area contributed by atoms with Gasteiger partial charge in [0, 0.05) is 23.7 Å². The number of hydrogen-bond acceptors (Lipinski definition) is 4. The number of aromatic amines is 1. The van der Waals surface area contributed by atoms with Crippen molar-refractivity contribution < 1.29 is 19.7 Å². The number of fused-ring (bicyclic) bond motifs is 1. The van der Waals surface area contributed by atoms with Crippen LogP contribution >= 0.6 is 0 Å². The van der Waals surface area contributed by atoms with Crippen LogP contribution in [0.1, 0.15) is 35.3 Å². The molecule has 3 rings (SSSR count). The molecule has 2 aromatic carbocycles. The van der Waals surface area contributed by atoms with Crippen molar-refractivity contribution in [1.82, 2.24) is 10.3 Å². The number of amides is 1. The van der Waals surface area contributed by atoms with Crippen LogP contribution in [0.3, 0.4) is 0 Å². The minimum Gasteiger partial charge on any atom is -0.490 e. The lowest BCUT2D eigenvalue weighted by Crippen LogP contribution is -2.39. The van der Waals surface area contributed by atoms with Gasteiger partial charge in [-0.15, -0.1) is 0 Å². The predicted molar refractivity (Wildman–Crippen MR) is 113 cm³/mol. The normalized spacial score (nSPS) is 12.3. The number of aromatic nitrogens is 1. The first-order valence-electron chi connectivity index (χ1n) is 9.89. The number of nitrogens with one attached hydrogen (secondary N) is 2. The second kappa shape index (κ2) is 9.58. The first-order valence-corrected chi connectivity index (χ1v) is 9.89. The van der Waals surface area contributed by atoms with Crippen LogP contribution in [0.15, 0.2) is 48.7 Å². The summed E-state index contributed by atoms with van der Waals surface area (Å²) in [5.41, 5.74) is 3.32. The Labute approximate surface area is 170 Å². The van der Waals surface area contributed by atoms with Crippen molar-refractivity contribution in [3.63, 3.8) is 0 Å². The van der Waals surface area contributed by atoms with E-state index in [0.717, 1.165) is 22.0 Å². The maximum atomic E-state index is 13.0. The number of H-pyrrole nitrogens is 1. The second-order valence-electron chi connectivity index (χ2n) is 7.39. The Balaban J connectivity index is 1.80. The van der Waals surface area contributed by atoms with Gasteiger partial charge < -0.3 is 25.3 Å². The third kappa shape index (κ3) is 5.16. The lowest BCUT2D eigenvalue weighted by molar-refractivity contribution is 0.0910. The van der Waals surface area contributed by atoms with Gasteiger partial charge in [-0.3, -0.25) is 4.79 Å². The molecule has 154 valence electrons. The summed E-state index contributed by atoms with van der Waals surface area (Å²) < 4.78 is 5.79. The lowest BCUT2D eigenvalue weighted by Gasteiger charge is -2.19. The zero-order valence-corrected chi connectivity index (χ0v) is 16.8. The monoisotopic (exact) mass is 396 g/mol. The summed E-state index contributed by atoms with van der Waals surface area (Å²) in [5.74, 6) is 0.183. The van der Waals surface area contributed by atoms with Crippen LogP contribution in [0.25, 0.3) is 10.9 Å². The predicted octanol–water partition coefficient (Wildman–Crippen LogP) is 2.82. The molecule has 0 aliphatic rings. The highest BCUT2D eigenvalue weighted by atomic mass is 16.5. The van der Waals surface area contributed by atoms with Crippen LogP contribution in [-0.2, 0) is 12.8 Å². The van der Waals surface area contributed by atoms with E-state index < -0.39 is 6.04 Å². The fourth-order valence-corrected chi connectivity index (χ4v) is 3.39. The van der Waals surface area contributed by atoms with Crippen LogP contribution in [0, 0.1) is 0 Å². The quantitative estimate of drug-likeness (QED) is 0.447. The number of carbonyl (C=O) groups is 1. The molecule has 4 N–H and O–H groups in total. The standard InChI is InChI=1S/C23H28N2O4/c1-15(2)29-22-8-7-16(9-10-26)11-20(22)23(28)25-18(14-27)12-17-13-24-21-6-4-3-5-19(17)21/h3-8,11,13,15,18,24,26-27H,9-10,12,14H2,1-2H3,(H,25,28)/t18-/m1/s1. The summed E-state index contributed by atoms with van der Waals surface area (Å²) in [6, 6.07) is 12.8. The molecule has 1 aromatic heterocycles. The van der Waals surface area contributed by atoms with Gasteiger partial charge in [-0.05, 0) is 56.0 Å². The minimum absolute atomic E-state index is 0.00523. The SMILES string of the molecule is CC(C)Oc1ccc(CCO)cc1C(=O)N[C@@H](CO)Cc1c[nH]c2ccccc12. The molecule has 3 aromatic rings. The molecule has 0 saturated carbocycles. The maximum absolute atomic E-state index is 13.0. The van der Waals surface area contributed by atoms with Gasteiger partial charge in [0.05, 0.1) is 24.3 Å². The van der Waals surface area contributed by atoms with E-state index in [9.17, 15) is 15.0 Å². The summed E-state index contributed by atoms with van der Waals surface area (Å²) in [4.78, 5) is 16.2. The molecular weight excluding hydrogens is 368 g/mol. The number of para-hydroxylation sites is 1. The van der Waals surface area contributed by atoms with E-state index in [4.69, 9.17) is 4.74 Å². The molecule has 0 aliphatic carbocycles. The van der Waals surface area contributed by atoms with Gasteiger partial charge in [-0.1, -0.05) is 24.3 Å². The van der Waals surface area contributed by atoms with Gasteiger partial charge >= 0.3 is 0 Å². The van der Waals surface area contributed by atoms with Crippen molar-refractivity contribution in [2.45, 2.75) is 38.8 Å². The van der Waals surface area contributed by atoms with Crippen molar-refractivity contribution in [3.05, 3.63) is 65.4 Å². The number of rotatable bonds is 9. The summed E-state index contributed by atoms with van der Waals surface area (Å²) in [5, 5.41) is 23.1. The minimum atomic E-state index is -0.435. The second-order valence-corrected chi connectivity index (χ2v) is 7.39. The van der Waals surface area contributed by atoms with Crippen LogP contribution < -0.4 is 10.1 Å². The fraction of sp³-hybridized carbons (Fsp3) is 0.348. The zero-order valence-electron chi connectivity index (χ0n) is 16.8. The van der Waals surface area contributed by atoms with Gasteiger partial charge in [0.1, 0.15) is 5.75 Å². The number of aliphatic hydroxyl groups is 2. The molecule has 1 amide bonds. The Morgan fingerprint density at radius 1 is 1.17 bits per heavy atom. The van der Waals surface area contributed by atoms with E-state index in [1.165, 1.54) is 0 Å². The van der Waals surface area contributed by atoms with Crippen LogP contribution in [0.4, 0.5) is 0 Å². The summed E-state index contributed by atoms with van der Waals surface area (Å²) in [7, 11) is 0. The number of aliphatic hydroxyl groups excluding tert-OH is 2. The molecule has 0 spiro atoms. The van der Waals surface area contributed by atoms with Gasteiger partial charge in [0.25, 0.3) is 5.91 Å². The smallest absolute Gasteiger partial charge is 0.255 e. The van der Waals surface area contributed by atoms with E-state index in [2.05, 4.69) is 10.3 Å². The fourth-order valence-electron chi connectivity index (χ4n) is 3.39. The molecule has 0 unspecified atom stereocenters. The van der Waals surface area contributed by atoms with E-state index in [-0.39, 0.29) is 25.2 Å². The Morgan fingerprint density at radius 2 is 1.97 bits per heavy atom. The summed E-state index contributed by atoms with van der Waals surface area (Å²) in [6.07, 6.45) is 2.80. The average Bonchev–Trinajstić information content (AvgIpc) is 3.11. The molecule has 0 radical (unpaired) electrons. The van der Waals surface area contributed by atoms with Crippen molar-refractivity contribution >= 4 is 16.8 Å². The highest BCUT2D eigenvalue weighted by Crippen LogP contribution is 2.23. The molecule has 1 heterocycles. The highest BCUT2D eigenvalue weighted by molar-refractivity contribution is 5.97. The van der Waals surface area contributed by atoms with Crippen molar-refractivity contribution in [2.24, 2.45) is 0 Å². The molecule has 6 nitrogen and oxygen atoms in total. The molecule has 0 saturated heterocycles. The Morgan fingerprint density at radius 3 is 2.69 bits per heavy atom. The highest BCUT2D eigenvalue weighted by Gasteiger charge is 2.19. The summed E-state index contributed by atoms with van der Waals surface area (Å²) >= 11 is 0. The maximum Gasteiger partial charge on any atom is 0.255 e. The van der Waals surface area contributed by atoms with Gasteiger partial charge in [0.2, 0.25) is 0 Å². The van der Waals surface area contributed by atoms with Gasteiger partial charge in [-0.25, -0.2) is 0 Å². The number of carbonyl (C=O) groups excluding carboxylic acids is 1. The molecule has 6 heteroatoms. The number of hydrogen-bond donors (Lipinski definition) is 4.